The highest BCUT2D eigenvalue weighted by molar-refractivity contribution is 5.80. The molecule has 4 rings (SSSR count). The molecule has 2 atom stereocenters. The highest BCUT2D eigenvalue weighted by Crippen LogP contribution is 2.42. The van der Waals surface area contributed by atoms with E-state index >= 15 is 0 Å². The van der Waals surface area contributed by atoms with Gasteiger partial charge in [-0.05, 0) is 42.9 Å². The molecule has 1 aromatic carbocycles. The molecule has 2 unspecified atom stereocenters. The lowest BCUT2D eigenvalue weighted by Gasteiger charge is -2.19. The standard InChI is InChI=1S/C22H26FN3/c1-15-3-4-20-18(11-15)12-17(5-9-26-10-6-19(23)14-26)22(20)16(2)21-13-24-7-8-25-21/h3-4,7-8,11,13,16,19H,5-6,9-10,12,14H2,1-2H3. The second-order valence-electron chi connectivity index (χ2n) is 7.64. The fourth-order valence-corrected chi connectivity index (χ4v) is 4.37. The van der Waals surface area contributed by atoms with Crippen molar-refractivity contribution in [2.24, 2.45) is 0 Å². The van der Waals surface area contributed by atoms with E-state index in [1.807, 2.05) is 6.20 Å². The third-order valence-electron chi connectivity index (χ3n) is 5.74. The van der Waals surface area contributed by atoms with Crippen molar-refractivity contribution in [1.82, 2.24) is 14.9 Å². The second-order valence-corrected chi connectivity index (χ2v) is 7.64. The van der Waals surface area contributed by atoms with Crippen LogP contribution in [-0.2, 0) is 6.42 Å². The van der Waals surface area contributed by atoms with E-state index in [-0.39, 0.29) is 5.92 Å². The predicted octanol–water partition coefficient (Wildman–Crippen LogP) is 4.33. The lowest BCUT2D eigenvalue weighted by Crippen LogP contribution is -2.22. The summed E-state index contributed by atoms with van der Waals surface area (Å²) in [5.41, 5.74) is 7.96. The Bertz CT molecular complexity index is 815. The van der Waals surface area contributed by atoms with Gasteiger partial charge in [0.1, 0.15) is 6.17 Å². The lowest BCUT2D eigenvalue weighted by atomic mass is 9.90. The van der Waals surface area contributed by atoms with E-state index in [4.69, 9.17) is 0 Å². The fourth-order valence-electron chi connectivity index (χ4n) is 4.37. The van der Waals surface area contributed by atoms with Crippen molar-refractivity contribution in [2.45, 2.75) is 45.2 Å². The van der Waals surface area contributed by atoms with Crippen LogP contribution < -0.4 is 0 Å². The SMILES string of the molecule is Cc1ccc2c(c1)CC(CCN1CCC(F)C1)=C2C(C)c1cnccn1. The first kappa shape index (κ1) is 17.3. The number of alkyl halides is 1. The molecule has 4 heteroatoms. The normalized spacial score (nSPS) is 21.3. The molecule has 0 N–H and O–H groups in total. The van der Waals surface area contributed by atoms with Gasteiger partial charge in [-0.2, -0.15) is 0 Å². The maximum absolute atomic E-state index is 13.5. The second kappa shape index (κ2) is 7.28. The molecule has 0 radical (unpaired) electrons. The first-order valence-electron chi connectivity index (χ1n) is 9.56. The van der Waals surface area contributed by atoms with Gasteiger partial charge in [-0.15, -0.1) is 0 Å². The van der Waals surface area contributed by atoms with Crippen LogP contribution in [0.25, 0.3) is 5.57 Å². The Balaban J connectivity index is 1.63. The third kappa shape index (κ3) is 3.43. The van der Waals surface area contributed by atoms with Crippen molar-refractivity contribution >= 4 is 5.57 Å². The maximum Gasteiger partial charge on any atom is 0.114 e. The van der Waals surface area contributed by atoms with Crippen molar-refractivity contribution in [3.05, 3.63) is 64.7 Å². The van der Waals surface area contributed by atoms with Crippen LogP contribution in [0.2, 0.25) is 0 Å². The van der Waals surface area contributed by atoms with Crippen LogP contribution in [-0.4, -0.2) is 40.7 Å². The molecule has 2 aliphatic rings. The van der Waals surface area contributed by atoms with Crippen LogP contribution >= 0.6 is 0 Å². The zero-order valence-corrected chi connectivity index (χ0v) is 15.6. The summed E-state index contributed by atoms with van der Waals surface area (Å²) in [7, 11) is 0. The van der Waals surface area contributed by atoms with Gasteiger partial charge in [-0.3, -0.25) is 9.97 Å². The van der Waals surface area contributed by atoms with Gasteiger partial charge in [0.25, 0.3) is 0 Å². The summed E-state index contributed by atoms with van der Waals surface area (Å²) in [6, 6.07) is 6.76. The molecule has 1 aromatic heterocycles. The average molecular weight is 351 g/mol. The molecule has 0 bridgehead atoms. The minimum atomic E-state index is -0.648. The largest absolute Gasteiger partial charge is 0.300 e. The molecule has 0 spiro atoms. The Labute approximate surface area is 155 Å². The number of fused-ring (bicyclic) bond motifs is 1. The summed E-state index contributed by atoms with van der Waals surface area (Å²) in [6.07, 6.45) is 7.40. The minimum absolute atomic E-state index is 0.218. The topological polar surface area (TPSA) is 29.0 Å². The van der Waals surface area contributed by atoms with Crippen molar-refractivity contribution < 1.29 is 4.39 Å². The molecule has 0 saturated carbocycles. The van der Waals surface area contributed by atoms with E-state index < -0.39 is 6.17 Å². The summed E-state index contributed by atoms with van der Waals surface area (Å²) in [5, 5.41) is 0. The van der Waals surface area contributed by atoms with Crippen LogP contribution in [0.5, 0.6) is 0 Å². The number of aromatic nitrogens is 2. The first-order chi connectivity index (χ1) is 12.6. The Morgan fingerprint density at radius 2 is 2.19 bits per heavy atom. The maximum atomic E-state index is 13.5. The summed E-state index contributed by atoms with van der Waals surface area (Å²) in [4.78, 5) is 11.1. The monoisotopic (exact) mass is 351 g/mol. The Hall–Kier alpha value is -2.07. The molecule has 0 amide bonds. The Morgan fingerprint density at radius 3 is 2.92 bits per heavy atom. The summed E-state index contributed by atoms with van der Waals surface area (Å²) >= 11 is 0. The van der Waals surface area contributed by atoms with Crippen LogP contribution in [0.4, 0.5) is 4.39 Å². The molecule has 26 heavy (non-hydrogen) atoms. The van der Waals surface area contributed by atoms with E-state index in [9.17, 15) is 4.39 Å². The van der Waals surface area contributed by atoms with Gasteiger partial charge < -0.3 is 4.90 Å². The van der Waals surface area contributed by atoms with Crippen LogP contribution in [0.1, 0.15) is 48.1 Å². The first-order valence-corrected chi connectivity index (χ1v) is 9.56. The summed E-state index contributed by atoms with van der Waals surface area (Å²) < 4.78 is 13.5. The van der Waals surface area contributed by atoms with Crippen LogP contribution in [0.15, 0.2) is 42.4 Å². The van der Waals surface area contributed by atoms with Gasteiger partial charge in [0.05, 0.1) is 5.69 Å². The summed E-state index contributed by atoms with van der Waals surface area (Å²) in [5.74, 6) is 0.218. The van der Waals surface area contributed by atoms with Gasteiger partial charge in [0, 0.05) is 44.1 Å². The van der Waals surface area contributed by atoms with Crippen molar-refractivity contribution in [1.29, 1.82) is 0 Å². The highest BCUT2D eigenvalue weighted by Gasteiger charge is 2.28. The number of rotatable bonds is 5. The Morgan fingerprint density at radius 1 is 1.31 bits per heavy atom. The lowest BCUT2D eigenvalue weighted by molar-refractivity contribution is 0.290. The fraction of sp³-hybridized carbons (Fsp3) is 0.455. The van der Waals surface area contributed by atoms with Crippen molar-refractivity contribution in [3.8, 4) is 0 Å². The zero-order chi connectivity index (χ0) is 18.1. The number of likely N-dealkylation sites (tertiary alicyclic amines) is 1. The highest BCUT2D eigenvalue weighted by atomic mass is 19.1. The number of hydrogen-bond acceptors (Lipinski definition) is 3. The van der Waals surface area contributed by atoms with E-state index in [1.165, 1.54) is 27.8 Å². The molecule has 1 aliphatic carbocycles. The van der Waals surface area contributed by atoms with Gasteiger partial charge >= 0.3 is 0 Å². The third-order valence-corrected chi connectivity index (χ3v) is 5.74. The molecule has 2 heterocycles. The van der Waals surface area contributed by atoms with E-state index in [2.05, 4.69) is 46.9 Å². The molecule has 1 aliphatic heterocycles. The molecule has 3 nitrogen and oxygen atoms in total. The zero-order valence-electron chi connectivity index (χ0n) is 15.6. The van der Waals surface area contributed by atoms with Crippen LogP contribution in [0.3, 0.4) is 0 Å². The number of benzene rings is 1. The quantitative estimate of drug-likeness (QED) is 0.803. The number of hydrogen-bond donors (Lipinski definition) is 0. The minimum Gasteiger partial charge on any atom is -0.300 e. The molecule has 136 valence electrons. The van der Waals surface area contributed by atoms with Crippen molar-refractivity contribution in [3.63, 3.8) is 0 Å². The van der Waals surface area contributed by atoms with Gasteiger partial charge in [-0.1, -0.05) is 36.3 Å². The van der Waals surface area contributed by atoms with E-state index in [0.717, 1.165) is 31.6 Å². The Kier molecular flexibility index (Phi) is 4.86. The molecule has 2 aromatic rings. The van der Waals surface area contributed by atoms with Gasteiger partial charge in [-0.25, -0.2) is 4.39 Å². The van der Waals surface area contributed by atoms with E-state index in [1.54, 1.807) is 12.4 Å². The number of allylic oxidation sites excluding steroid dienone is 1. The van der Waals surface area contributed by atoms with E-state index in [0.29, 0.717) is 13.0 Å². The summed E-state index contributed by atoms with van der Waals surface area (Å²) in [6.45, 7) is 6.79. The predicted molar refractivity (Wildman–Crippen MR) is 103 cm³/mol. The molecular weight excluding hydrogens is 325 g/mol. The number of nitrogens with zero attached hydrogens (tertiary/aromatic N) is 3. The van der Waals surface area contributed by atoms with Crippen molar-refractivity contribution in [2.75, 3.05) is 19.6 Å². The van der Waals surface area contributed by atoms with Gasteiger partial charge in [0.15, 0.2) is 0 Å². The van der Waals surface area contributed by atoms with Gasteiger partial charge in [0.2, 0.25) is 0 Å². The molecule has 1 fully saturated rings. The molecule has 1 saturated heterocycles. The smallest absolute Gasteiger partial charge is 0.114 e. The number of halogens is 1. The van der Waals surface area contributed by atoms with Crippen LogP contribution in [0, 0.1) is 6.92 Å². The number of aryl methyl sites for hydroxylation is 1. The molecular formula is C22H26FN3. The average Bonchev–Trinajstić information content (AvgIpc) is 3.22.